The third kappa shape index (κ3) is 4.76. The molecule has 1 heteroatoms. The molecule has 137 valence electrons. The van der Waals surface area contributed by atoms with Crippen molar-refractivity contribution in [3.8, 4) is 0 Å². The Morgan fingerprint density at radius 1 is 0.654 bits per heavy atom. The molecule has 1 radical (unpaired) electrons. The molecule has 0 N–H and O–H groups in total. The zero-order chi connectivity index (χ0) is 18.2. The van der Waals surface area contributed by atoms with E-state index in [-0.39, 0.29) is 0 Å². The van der Waals surface area contributed by atoms with Crippen LogP contribution in [-0.2, 0) is 0 Å². The third-order valence-electron chi connectivity index (χ3n) is 5.63. The summed E-state index contributed by atoms with van der Waals surface area (Å²) in [5.74, 6) is 0. The molecule has 26 heavy (non-hydrogen) atoms. The van der Waals surface area contributed by atoms with E-state index in [2.05, 4.69) is 68.1 Å². The summed E-state index contributed by atoms with van der Waals surface area (Å²) in [6.45, 7) is 4.81. The highest BCUT2D eigenvalue weighted by molar-refractivity contribution is 6.74. The zero-order valence-electron chi connectivity index (χ0n) is 16.6. The summed E-state index contributed by atoms with van der Waals surface area (Å²) >= 11 is 0. The minimum absolute atomic E-state index is 0.484. The molecule has 0 aliphatic heterocycles. The van der Waals surface area contributed by atoms with Gasteiger partial charge in [-0.1, -0.05) is 131 Å². The van der Waals surface area contributed by atoms with Gasteiger partial charge in [-0.25, -0.2) is 0 Å². The van der Waals surface area contributed by atoms with Crippen LogP contribution in [0.5, 0.6) is 0 Å². The molecular weight excluding hydrogens is 328 g/mol. The van der Waals surface area contributed by atoms with Crippen molar-refractivity contribution < 1.29 is 0 Å². The van der Waals surface area contributed by atoms with Crippen molar-refractivity contribution >= 4 is 35.5 Å². The fourth-order valence-electron chi connectivity index (χ4n) is 4.07. The quantitative estimate of drug-likeness (QED) is 0.200. The summed E-state index contributed by atoms with van der Waals surface area (Å²) in [5, 5.41) is 7.35. The van der Waals surface area contributed by atoms with Gasteiger partial charge in [0.15, 0.2) is 0 Å². The topological polar surface area (TPSA) is 0 Å². The summed E-state index contributed by atoms with van der Waals surface area (Å²) in [7, 11) is -0.484. The third-order valence-corrected chi connectivity index (χ3v) is 8.07. The van der Waals surface area contributed by atoms with Crippen LogP contribution in [0.4, 0.5) is 0 Å². The van der Waals surface area contributed by atoms with Gasteiger partial charge >= 0.3 is 0 Å². The van der Waals surface area contributed by atoms with Crippen LogP contribution in [-0.4, -0.2) is 8.80 Å². The molecule has 0 heterocycles. The number of unbranched alkanes of at least 4 members (excludes halogenated alkanes) is 7. The van der Waals surface area contributed by atoms with E-state index in [1.165, 1.54) is 79.0 Å². The molecule has 0 aliphatic rings. The maximum atomic E-state index is 2.52. The lowest BCUT2D eigenvalue weighted by molar-refractivity contribution is 0.584. The van der Waals surface area contributed by atoms with Gasteiger partial charge in [-0.05, 0) is 21.5 Å². The van der Waals surface area contributed by atoms with Crippen molar-refractivity contribution in [2.45, 2.75) is 70.9 Å². The monoisotopic (exact) mass is 361 g/mol. The Labute approximate surface area is 161 Å². The van der Waals surface area contributed by atoms with Crippen molar-refractivity contribution in [3.63, 3.8) is 0 Å². The van der Waals surface area contributed by atoms with Crippen LogP contribution in [0.25, 0.3) is 21.5 Å². The van der Waals surface area contributed by atoms with Gasteiger partial charge in [0.1, 0.15) is 0 Å². The molecule has 0 spiro atoms. The number of fused-ring (bicyclic) bond motifs is 3. The van der Waals surface area contributed by atoms with Gasteiger partial charge in [0.05, 0.1) is 8.80 Å². The molecule has 0 bridgehead atoms. The van der Waals surface area contributed by atoms with Gasteiger partial charge in [0, 0.05) is 0 Å². The number of rotatable bonds is 10. The van der Waals surface area contributed by atoms with E-state index in [4.69, 9.17) is 0 Å². The van der Waals surface area contributed by atoms with Crippen LogP contribution in [0.3, 0.4) is 0 Å². The van der Waals surface area contributed by atoms with Crippen molar-refractivity contribution in [2.24, 2.45) is 0 Å². The second-order valence-corrected chi connectivity index (χ2v) is 10.3. The Kier molecular flexibility index (Phi) is 7.31. The van der Waals surface area contributed by atoms with Gasteiger partial charge in [-0.2, -0.15) is 0 Å². The Hall–Kier alpha value is -1.60. The molecule has 0 nitrogen and oxygen atoms in total. The molecule has 0 saturated heterocycles. The molecule has 0 aliphatic carbocycles. The molecule has 0 saturated carbocycles. The summed E-state index contributed by atoms with van der Waals surface area (Å²) < 4.78 is 0. The van der Waals surface area contributed by atoms with Crippen molar-refractivity contribution in [1.29, 1.82) is 0 Å². The fourth-order valence-corrected chi connectivity index (χ4v) is 6.20. The summed E-state index contributed by atoms with van der Waals surface area (Å²) in [4.78, 5) is 0. The average Bonchev–Trinajstić information content (AvgIpc) is 2.69. The maximum Gasteiger partial charge on any atom is 0.0832 e. The lowest BCUT2D eigenvalue weighted by Gasteiger charge is -2.15. The molecule has 0 fully saturated rings. The molecule has 3 aromatic carbocycles. The van der Waals surface area contributed by atoms with Crippen molar-refractivity contribution in [3.05, 3.63) is 54.6 Å². The Morgan fingerprint density at radius 3 is 1.96 bits per heavy atom. The molecule has 3 rings (SSSR count). The van der Waals surface area contributed by atoms with Crippen LogP contribution in [0, 0.1) is 0 Å². The van der Waals surface area contributed by atoms with Gasteiger partial charge < -0.3 is 0 Å². The minimum atomic E-state index is -0.484. The van der Waals surface area contributed by atoms with E-state index < -0.39 is 8.80 Å². The predicted octanol–water partition coefficient (Wildman–Crippen LogP) is 7.47. The van der Waals surface area contributed by atoms with Crippen molar-refractivity contribution in [2.75, 3.05) is 0 Å². The molecule has 0 aromatic heterocycles. The second kappa shape index (κ2) is 9.92. The molecule has 3 aromatic rings. The van der Waals surface area contributed by atoms with Gasteiger partial charge in [-0.15, -0.1) is 0 Å². The largest absolute Gasteiger partial charge is 0.0832 e. The average molecular weight is 362 g/mol. The summed E-state index contributed by atoms with van der Waals surface area (Å²) in [5.41, 5.74) is 0. The van der Waals surface area contributed by atoms with Gasteiger partial charge in [0.2, 0.25) is 0 Å². The molecular formula is C25H33Si. The van der Waals surface area contributed by atoms with Crippen LogP contribution < -0.4 is 5.19 Å². The Bertz CT molecular complexity index is 821. The number of hydrogen-bond acceptors (Lipinski definition) is 0. The van der Waals surface area contributed by atoms with Crippen LogP contribution in [0.15, 0.2) is 54.6 Å². The lowest BCUT2D eigenvalue weighted by atomic mass is 10.0. The first-order valence-electron chi connectivity index (χ1n) is 10.5. The van der Waals surface area contributed by atoms with Crippen LogP contribution in [0.2, 0.25) is 12.6 Å². The van der Waals surface area contributed by atoms with E-state index in [1.807, 2.05) is 0 Å². The van der Waals surface area contributed by atoms with E-state index in [0.29, 0.717) is 0 Å². The summed E-state index contributed by atoms with van der Waals surface area (Å²) in [6, 6.07) is 21.8. The fraction of sp³-hybridized carbons (Fsp3) is 0.440. The highest BCUT2D eigenvalue weighted by Crippen LogP contribution is 2.25. The standard InChI is InChI=1S/C25H33Si/c1-3-4-5-6-7-8-9-14-19-26(2)25-20-21-15-10-11-16-22(21)23-17-12-13-18-24(23)25/h10-13,15-18,20H,3-9,14,19H2,1-2H3. The summed E-state index contributed by atoms with van der Waals surface area (Å²) in [6.07, 6.45) is 11.3. The molecule has 0 unspecified atom stereocenters. The highest BCUT2D eigenvalue weighted by Gasteiger charge is 2.13. The zero-order valence-corrected chi connectivity index (χ0v) is 17.6. The van der Waals surface area contributed by atoms with Crippen LogP contribution >= 0.6 is 0 Å². The second-order valence-electron chi connectivity index (χ2n) is 7.70. The van der Waals surface area contributed by atoms with Gasteiger partial charge in [-0.3, -0.25) is 0 Å². The smallest absolute Gasteiger partial charge is 0.0669 e. The number of benzene rings is 3. The van der Waals surface area contributed by atoms with Crippen LogP contribution in [0.1, 0.15) is 58.3 Å². The minimum Gasteiger partial charge on any atom is -0.0669 e. The number of hydrogen-bond donors (Lipinski definition) is 0. The SMILES string of the molecule is CCCCCCCCCC[Si](C)c1cc2ccccc2c2ccccc12. The highest BCUT2D eigenvalue weighted by atomic mass is 28.3. The van der Waals surface area contributed by atoms with E-state index in [0.717, 1.165) is 0 Å². The Balaban J connectivity index is 1.63. The van der Waals surface area contributed by atoms with E-state index >= 15 is 0 Å². The Morgan fingerprint density at radius 2 is 1.23 bits per heavy atom. The first kappa shape index (κ1) is 19.2. The first-order valence-corrected chi connectivity index (χ1v) is 12.7. The van der Waals surface area contributed by atoms with Crippen molar-refractivity contribution in [1.82, 2.24) is 0 Å². The first-order chi connectivity index (χ1) is 12.8. The molecule has 0 amide bonds. The molecule has 0 atom stereocenters. The van der Waals surface area contributed by atoms with E-state index in [1.54, 1.807) is 5.19 Å². The van der Waals surface area contributed by atoms with Gasteiger partial charge in [0.25, 0.3) is 0 Å². The maximum absolute atomic E-state index is 2.52. The lowest BCUT2D eigenvalue weighted by Crippen LogP contribution is -2.27. The normalized spacial score (nSPS) is 11.7. The van der Waals surface area contributed by atoms with E-state index in [9.17, 15) is 0 Å². The predicted molar refractivity (Wildman–Crippen MR) is 120 cm³/mol.